The molecule has 0 unspecified atom stereocenters. The van der Waals surface area contributed by atoms with Gasteiger partial charge in [-0.15, -0.1) is 0 Å². The summed E-state index contributed by atoms with van der Waals surface area (Å²) in [5, 5.41) is 11.4. The van der Waals surface area contributed by atoms with Crippen molar-refractivity contribution in [2.75, 3.05) is 6.61 Å². The summed E-state index contributed by atoms with van der Waals surface area (Å²) in [6.45, 7) is 18.7. The van der Waals surface area contributed by atoms with Crippen molar-refractivity contribution in [3.8, 4) is 0 Å². The Kier molecular flexibility index (Phi) is 8.62. The van der Waals surface area contributed by atoms with Crippen LogP contribution in [0.15, 0.2) is 17.1 Å². The first-order valence-corrected chi connectivity index (χ1v) is 16.6. The van der Waals surface area contributed by atoms with Gasteiger partial charge in [-0.2, -0.15) is 4.98 Å². The van der Waals surface area contributed by atoms with Gasteiger partial charge >= 0.3 is 22.8 Å². The highest BCUT2D eigenvalue weighted by molar-refractivity contribution is 6.83. The smallest absolute Gasteiger partial charge is 0.350 e. The van der Waals surface area contributed by atoms with E-state index in [1.54, 1.807) is 6.07 Å². The average Bonchev–Trinajstić information content (AvgIpc) is 3.01. The highest BCUT2D eigenvalue weighted by Crippen LogP contribution is 2.48. The maximum absolute atomic E-state index is 12.8. The van der Waals surface area contributed by atoms with Crippen LogP contribution < -0.4 is 5.69 Å². The van der Waals surface area contributed by atoms with Crippen LogP contribution in [0.4, 0.5) is 0 Å². The molecular weight excluding hydrogens is 484 g/mol. The molecule has 1 aromatic rings. The zero-order chi connectivity index (χ0) is 26.3. The lowest BCUT2D eigenvalue weighted by atomic mass is 10.1. The summed E-state index contributed by atoms with van der Waals surface area (Å²) < 4.78 is 28.2. The summed E-state index contributed by atoms with van der Waals surface area (Å²) in [4.78, 5) is 28.2. The largest absolute Gasteiger partial charge is 0.414 e. The number of Topliss-reactive ketones (excluding diaryl/α,β-unsaturated/α-hetero) is 1. The lowest BCUT2D eigenvalue weighted by Crippen LogP contribution is -2.65. The Bertz CT molecular complexity index is 949. The third-order valence-corrected chi connectivity index (χ3v) is 17.5. The summed E-state index contributed by atoms with van der Waals surface area (Å²) in [6, 6.07) is 1.61. The normalized spacial score (nSPS) is 28.4. The first-order valence-electron chi connectivity index (χ1n) is 12.7. The van der Waals surface area contributed by atoms with Gasteiger partial charge in [0.05, 0.1) is 12.3 Å². The summed E-state index contributed by atoms with van der Waals surface area (Å²) in [5.74, 6) is -0.0810. The van der Waals surface area contributed by atoms with E-state index in [0.29, 0.717) is 5.69 Å². The molecule has 3 heterocycles. The molecule has 0 aromatic carbocycles. The molecular formula is C24H42N2O7Si2. The van der Waals surface area contributed by atoms with Crippen LogP contribution in [0.25, 0.3) is 0 Å². The van der Waals surface area contributed by atoms with Gasteiger partial charge in [-0.05, 0) is 35.2 Å². The Morgan fingerprint density at radius 3 is 2.14 bits per heavy atom. The molecule has 0 amide bonds. The minimum atomic E-state index is -2.92. The second kappa shape index (κ2) is 10.6. The lowest BCUT2D eigenvalue weighted by Gasteiger charge is -2.51. The molecule has 2 fully saturated rings. The SMILES string of the molecule is CC(=O)Cc1ccn([C@@H]2O[C@@H]3CO[Si](C(C)C)(C(C)C)O[Si](C(C)C)(C(C)C)O[C@H]3[C@H]2O)c(=O)n1. The molecule has 0 saturated carbocycles. The van der Waals surface area contributed by atoms with Crippen LogP contribution in [0, 0.1) is 0 Å². The Labute approximate surface area is 210 Å². The van der Waals surface area contributed by atoms with E-state index in [4.69, 9.17) is 17.7 Å². The molecule has 4 atom stereocenters. The average molecular weight is 527 g/mol. The van der Waals surface area contributed by atoms with Gasteiger partial charge in [0.1, 0.15) is 24.1 Å². The van der Waals surface area contributed by atoms with E-state index in [9.17, 15) is 14.7 Å². The zero-order valence-corrected chi connectivity index (χ0v) is 24.5. The number of carbonyl (C=O) groups is 1. The molecule has 2 aliphatic heterocycles. The molecule has 1 aromatic heterocycles. The van der Waals surface area contributed by atoms with Crippen molar-refractivity contribution in [1.29, 1.82) is 0 Å². The van der Waals surface area contributed by atoms with E-state index in [0.717, 1.165) is 0 Å². The zero-order valence-electron chi connectivity index (χ0n) is 22.5. The minimum Gasteiger partial charge on any atom is -0.414 e. The van der Waals surface area contributed by atoms with Gasteiger partial charge in [0.15, 0.2) is 6.23 Å². The molecule has 11 heteroatoms. The second-order valence-electron chi connectivity index (χ2n) is 11.1. The van der Waals surface area contributed by atoms with Crippen LogP contribution >= 0.6 is 0 Å². The Morgan fingerprint density at radius 1 is 1.09 bits per heavy atom. The van der Waals surface area contributed by atoms with E-state index < -0.39 is 47.4 Å². The van der Waals surface area contributed by atoms with Crippen LogP contribution in [-0.4, -0.2) is 62.5 Å². The summed E-state index contributed by atoms with van der Waals surface area (Å²) in [6.07, 6.45) is -1.74. The maximum atomic E-state index is 12.8. The van der Waals surface area contributed by atoms with Gasteiger partial charge in [0, 0.05) is 12.6 Å². The second-order valence-corrected chi connectivity index (χ2v) is 19.9. The summed E-state index contributed by atoms with van der Waals surface area (Å²) >= 11 is 0. The van der Waals surface area contributed by atoms with Gasteiger partial charge in [0.25, 0.3) is 0 Å². The number of aliphatic hydroxyl groups excluding tert-OH is 1. The number of hydrogen-bond acceptors (Lipinski definition) is 8. The Morgan fingerprint density at radius 2 is 1.66 bits per heavy atom. The molecule has 0 spiro atoms. The lowest BCUT2D eigenvalue weighted by molar-refractivity contribution is -0.116. The maximum Gasteiger partial charge on any atom is 0.350 e. The monoisotopic (exact) mass is 526 g/mol. The number of rotatable bonds is 7. The molecule has 2 saturated heterocycles. The molecule has 9 nitrogen and oxygen atoms in total. The number of fused-ring (bicyclic) bond motifs is 1. The van der Waals surface area contributed by atoms with Gasteiger partial charge in [-0.1, -0.05) is 55.4 Å². The Balaban J connectivity index is 2.03. The first-order chi connectivity index (χ1) is 16.2. The first kappa shape index (κ1) is 28.4. The predicted octanol–water partition coefficient (Wildman–Crippen LogP) is 3.59. The molecule has 35 heavy (non-hydrogen) atoms. The van der Waals surface area contributed by atoms with Crippen molar-refractivity contribution < 1.29 is 27.6 Å². The van der Waals surface area contributed by atoms with Gasteiger partial charge in [0.2, 0.25) is 0 Å². The molecule has 2 aliphatic rings. The molecule has 1 N–H and O–H groups in total. The van der Waals surface area contributed by atoms with E-state index in [1.165, 1.54) is 17.7 Å². The van der Waals surface area contributed by atoms with E-state index in [1.807, 2.05) is 0 Å². The van der Waals surface area contributed by atoms with Crippen LogP contribution in [-0.2, 0) is 28.9 Å². The quantitative estimate of drug-likeness (QED) is 0.537. The van der Waals surface area contributed by atoms with Gasteiger partial charge < -0.3 is 22.8 Å². The van der Waals surface area contributed by atoms with Crippen molar-refractivity contribution in [3.63, 3.8) is 0 Å². The molecule has 198 valence electrons. The van der Waals surface area contributed by atoms with Crippen molar-refractivity contribution >= 4 is 22.9 Å². The fraction of sp³-hybridized carbons (Fsp3) is 0.792. The number of ether oxygens (including phenoxy) is 1. The molecule has 0 aliphatic carbocycles. The fourth-order valence-electron chi connectivity index (χ4n) is 5.36. The third-order valence-electron chi connectivity index (χ3n) is 7.23. The number of aliphatic hydroxyl groups is 1. The van der Waals surface area contributed by atoms with E-state index >= 15 is 0 Å². The number of carbonyl (C=O) groups excluding carboxylic acids is 1. The van der Waals surface area contributed by atoms with Crippen LogP contribution in [0.5, 0.6) is 0 Å². The predicted molar refractivity (Wildman–Crippen MR) is 137 cm³/mol. The highest BCUT2D eigenvalue weighted by atomic mass is 28.5. The van der Waals surface area contributed by atoms with Crippen molar-refractivity contribution in [3.05, 3.63) is 28.4 Å². The summed E-state index contributed by atoms with van der Waals surface area (Å²) in [5.41, 5.74) is 0.403. The summed E-state index contributed by atoms with van der Waals surface area (Å²) in [7, 11) is -5.66. The number of aromatic nitrogens is 2. The number of nitrogens with zero attached hydrogens (tertiary/aromatic N) is 2. The number of hydrogen-bond donors (Lipinski definition) is 1. The number of ketones is 1. The van der Waals surface area contributed by atoms with Crippen LogP contribution in [0.1, 0.15) is 74.2 Å². The highest BCUT2D eigenvalue weighted by Gasteiger charge is 2.61. The van der Waals surface area contributed by atoms with E-state index in [-0.39, 0.29) is 41.0 Å². The molecule has 3 rings (SSSR count). The van der Waals surface area contributed by atoms with Crippen molar-refractivity contribution in [2.45, 2.75) is 115 Å². The van der Waals surface area contributed by atoms with E-state index in [2.05, 4.69) is 60.4 Å². The standard InChI is InChI=1S/C24H42N2O7Si2/c1-14(2)34(15(3)4)30-13-20-22(32-35(33-34,16(5)6)17(7)8)21(28)23(31-20)26-11-10-19(12-18(9)27)25-24(26)29/h10-11,14-17,20-23,28H,12-13H2,1-9H3/t20-,21-,22-,23-/m1/s1. The van der Waals surface area contributed by atoms with Crippen LogP contribution in [0.3, 0.4) is 0 Å². The third kappa shape index (κ3) is 5.27. The fourth-order valence-corrected chi connectivity index (χ4v) is 16.6. The Hall–Kier alpha value is -1.22. The molecule has 0 radical (unpaired) electrons. The van der Waals surface area contributed by atoms with Crippen molar-refractivity contribution in [1.82, 2.24) is 9.55 Å². The van der Waals surface area contributed by atoms with Gasteiger partial charge in [-0.25, -0.2) is 4.79 Å². The van der Waals surface area contributed by atoms with Gasteiger partial charge in [-0.3, -0.25) is 9.36 Å². The topological polar surface area (TPSA) is 109 Å². The molecule has 0 bridgehead atoms. The van der Waals surface area contributed by atoms with Crippen LogP contribution in [0.2, 0.25) is 22.2 Å². The van der Waals surface area contributed by atoms with Crippen molar-refractivity contribution in [2.24, 2.45) is 0 Å². The minimum absolute atomic E-state index is 0.0810.